The molecule has 1 amide bonds. The molecule has 0 fully saturated rings. The van der Waals surface area contributed by atoms with Gasteiger partial charge in [-0.05, 0) is 77.0 Å². The van der Waals surface area contributed by atoms with E-state index in [1.165, 1.54) is 263 Å². The van der Waals surface area contributed by atoms with Gasteiger partial charge in [0, 0.05) is 12.8 Å². The smallest absolute Gasteiger partial charge is 0.305 e. The number of unbranched alkanes of at least 4 members (excludes halogenated alkanes) is 43. The van der Waals surface area contributed by atoms with Crippen LogP contribution in [0.4, 0.5) is 0 Å². The van der Waals surface area contributed by atoms with E-state index in [9.17, 15) is 19.8 Å². The fraction of sp³-hybridized carbons (Fsp3) is 0.875. The molecule has 0 spiro atoms. The summed E-state index contributed by atoms with van der Waals surface area (Å²) in [6.07, 6.45) is 74.8. The number of ether oxygens (including phenoxy) is 1. The molecule has 70 heavy (non-hydrogen) atoms. The highest BCUT2D eigenvalue weighted by Crippen LogP contribution is 2.17. The zero-order chi connectivity index (χ0) is 50.7. The molecule has 0 heterocycles. The van der Waals surface area contributed by atoms with Crippen LogP contribution in [-0.2, 0) is 14.3 Å². The van der Waals surface area contributed by atoms with Gasteiger partial charge in [-0.2, -0.15) is 0 Å². The van der Waals surface area contributed by atoms with Crippen molar-refractivity contribution in [3.63, 3.8) is 0 Å². The second kappa shape index (κ2) is 59.6. The van der Waals surface area contributed by atoms with Crippen LogP contribution >= 0.6 is 0 Å². The maximum absolute atomic E-state index is 12.5. The molecule has 0 aliphatic heterocycles. The van der Waals surface area contributed by atoms with Gasteiger partial charge in [-0.1, -0.05) is 281 Å². The molecule has 2 atom stereocenters. The average Bonchev–Trinajstić information content (AvgIpc) is 3.36. The van der Waals surface area contributed by atoms with Crippen molar-refractivity contribution in [1.29, 1.82) is 0 Å². The fourth-order valence-electron chi connectivity index (χ4n) is 9.55. The molecule has 0 rings (SSSR count). The van der Waals surface area contributed by atoms with Gasteiger partial charge in [0.05, 0.1) is 25.4 Å². The molecule has 6 nitrogen and oxygen atoms in total. The largest absolute Gasteiger partial charge is 0.466 e. The first-order valence-corrected chi connectivity index (χ1v) is 31.3. The van der Waals surface area contributed by atoms with Crippen LogP contribution in [0.1, 0.15) is 335 Å². The van der Waals surface area contributed by atoms with Crippen LogP contribution in [0.25, 0.3) is 0 Å². The number of nitrogens with one attached hydrogen (secondary N) is 1. The van der Waals surface area contributed by atoms with E-state index in [-0.39, 0.29) is 18.5 Å². The Morgan fingerprint density at radius 1 is 0.386 bits per heavy atom. The molecule has 0 aliphatic carbocycles. The van der Waals surface area contributed by atoms with Gasteiger partial charge in [0.15, 0.2) is 0 Å². The predicted octanol–water partition coefficient (Wildman–Crippen LogP) is 19.6. The van der Waals surface area contributed by atoms with Crippen molar-refractivity contribution < 1.29 is 24.5 Å². The first-order chi connectivity index (χ1) is 34.5. The molecular formula is C64H121NO5. The summed E-state index contributed by atoms with van der Waals surface area (Å²) < 4.78 is 5.46. The minimum Gasteiger partial charge on any atom is -0.466 e. The molecule has 6 heteroatoms. The Bertz CT molecular complexity index is 1130. The number of amides is 1. The highest BCUT2D eigenvalue weighted by atomic mass is 16.5. The summed E-state index contributed by atoms with van der Waals surface area (Å²) in [5, 5.41) is 23.1. The van der Waals surface area contributed by atoms with Gasteiger partial charge in [0.1, 0.15) is 0 Å². The Morgan fingerprint density at radius 3 is 1.06 bits per heavy atom. The summed E-state index contributed by atoms with van der Waals surface area (Å²) in [5.74, 6) is -0.0641. The maximum atomic E-state index is 12.5. The lowest BCUT2D eigenvalue weighted by molar-refractivity contribution is -0.143. The molecule has 3 N–H and O–H groups in total. The average molecular weight is 985 g/mol. The van der Waals surface area contributed by atoms with E-state index in [2.05, 4.69) is 43.5 Å². The summed E-state index contributed by atoms with van der Waals surface area (Å²) in [6.45, 7) is 4.88. The fourth-order valence-corrected chi connectivity index (χ4v) is 9.55. The monoisotopic (exact) mass is 984 g/mol. The molecule has 2 unspecified atom stereocenters. The molecule has 0 saturated carbocycles. The van der Waals surface area contributed by atoms with Crippen LogP contribution in [-0.4, -0.2) is 47.4 Å². The first kappa shape index (κ1) is 68.1. The number of hydrogen-bond donors (Lipinski definition) is 3. The highest BCUT2D eigenvalue weighted by Gasteiger charge is 2.18. The Balaban J connectivity index is 3.41. The van der Waals surface area contributed by atoms with Crippen LogP contribution in [0.3, 0.4) is 0 Å². The maximum Gasteiger partial charge on any atom is 0.305 e. The van der Waals surface area contributed by atoms with Crippen LogP contribution in [0.2, 0.25) is 0 Å². The third kappa shape index (κ3) is 55.4. The van der Waals surface area contributed by atoms with Crippen molar-refractivity contribution in [1.82, 2.24) is 5.32 Å². The summed E-state index contributed by atoms with van der Waals surface area (Å²) in [4.78, 5) is 24.5. The van der Waals surface area contributed by atoms with Crippen LogP contribution in [0.15, 0.2) is 36.5 Å². The number of allylic oxidation sites excluding steroid dienone is 5. The van der Waals surface area contributed by atoms with Gasteiger partial charge in [0.25, 0.3) is 0 Å². The molecule has 0 saturated heterocycles. The number of esters is 1. The van der Waals surface area contributed by atoms with E-state index >= 15 is 0 Å². The van der Waals surface area contributed by atoms with Crippen molar-refractivity contribution in [2.24, 2.45) is 0 Å². The normalized spacial score (nSPS) is 12.8. The second-order valence-corrected chi connectivity index (χ2v) is 21.4. The second-order valence-electron chi connectivity index (χ2n) is 21.4. The van der Waals surface area contributed by atoms with Crippen molar-refractivity contribution in [2.75, 3.05) is 13.2 Å². The summed E-state index contributed by atoms with van der Waals surface area (Å²) in [5.41, 5.74) is 0. The number of aliphatic hydroxyl groups excluding tert-OH is 2. The van der Waals surface area contributed by atoms with Crippen molar-refractivity contribution in [3.05, 3.63) is 36.5 Å². The summed E-state index contributed by atoms with van der Waals surface area (Å²) >= 11 is 0. The third-order valence-corrected chi connectivity index (χ3v) is 14.4. The number of rotatable bonds is 58. The van der Waals surface area contributed by atoms with E-state index in [0.29, 0.717) is 19.4 Å². The number of carbonyl (C=O) groups excluding carboxylic acids is 2. The van der Waals surface area contributed by atoms with E-state index in [1.807, 2.05) is 6.08 Å². The first-order valence-electron chi connectivity index (χ1n) is 31.3. The summed E-state index contributed by atoms with van der Waals surface area (Å²) in [6, 6.07) is -0.628. The molecule has 0 aromatic rings. The van der Waals surface area contributed by atoms with Crippen molar-refractivity contribution in [3.8, 4) is 0 Å². The predicted molar refractivity (Wildman–Crippen MR) is 306 cm³/mol. The lowest BCUT2D eigenvalue weighted by atomic mass is 10.0. The number of hydrogen-bond acceptors (Lipinski definition) is 5. The lowest BCUT2D eigenvalue weighted by Crippen LogP contribution is -2.45. The van der Waals surface area contributed by atoms with Gasteiger partial charge in [0.2, 0.25) is 5.91 Å². The third-order valence-electron chi connectivity index (χ3n) is 14.4. The lowest BCUT2D eigenvalue weighted by Gasteiger charge is -2.20. The minimum absolute atomic E-state index is 0.00346. The van der Waals surface area contributed by atoms with Crippen molar-refractivity contribution in [2.45, 2.75) is 347 Å². The minimum atomic E-state index is -0.845. The van der Waals surface area contributed by atoms with Gasteiger partial charge >= 0.3 is 5.97 Å². The van der Waals surface area contributed by atoms with Crippen LogP contribution in [0.5, 0.6) is 0 Å². The van der Waals surface area contributed by atoms with Gasteiger partial charge in [-0.15, -0.1) is 0 Å². The zero-order valence-electron chi connectivity index (χ0n) is 47.0. The van der Waals surface area contributed by atoms with Gasteiger partial charge < -0.3 is 20.3 Å². The molecular weight excluding hydrogens is 863 g/mol. The number of carbonyl (C=O) groups is 2. The number of aliphatic hydroxyl groups is 2. The van der Waals surface area contributed by atoms with Crippen molar-refractivity contribution >= 4 is 11.9 Å². The molecule has 0 aromatic carbocycles. The molecule has 0 radical (unpaired) electrons. The van der Waals surface area contributed by atoms with E-state index in [4.69, 9.17) is 4.74 Å². The quantitative estimate of drug-likeness (QED) is 0.0321. The topological polar surface area (TPSA) is 95.9 Å². The van der Waals surface area contributed by atoms with E-state index < -0.39 is 12.1 Å². The van der Waals surface area contributed by atoms with Crippen LogP contribution < -0.4 is 5.32 Å². The SMILES string of the molecule is CCCC/C=C\CCCCCCCC(=O)OCCCCCCCCCCCCCC/C=C\CCCCCCCCCCCCCC(=O)NC(CO)C(O)/C=C/CCCCCCCCCCCCCCC. The van der Waals surface area contributed by atoms with Gasteiger partial charge in [-0.3, -0.25) is 9.59 Å². The van der Waals surface area contributed by atoms with E-state index in [1.54, 1.807) is 6.08 Å². The zero-order valence-corrected chi connectivity index (χ0v) is 47.0. The molecule has 0 aromatic heterocycles. The Hall–Kier alpha value is -1.92. The van der Waals surface area contributed by atoms with Crippen LogP contribution in [0, 0.1) is 0 Å². The molecule has 0 bridgehead atoms. The Morgan fingerprint density at radius 2 is 0.686 bits per heavy atom. The summed E-state index contributed by atoms with van der Waals surface area (Å²) in [7, 11) is 0. The standard InChI is InChI=1S/C64H121NO5/c1-3-5-7-9-11-13-15-16-30-33-37-40-44-48-52-56-62(67)61(60-66)65-63(68)57-53-49-45-41-38-34-31-28-26-24-22-20-18-17-19-21-23-25-27-29-32-35-39-43-47-51-55-59-70-64(69)58-54-50-46-42-36-14-12-10-8-6-4-2/h10,12,17-18,52,56,61-62,66-67H,3-9,11,13-16,19-51,53-55,57-60H2,1-2H3,(H,65,68)/b12-10-,18-17-,56-52+. The van der Waals surface area contributed by atoms with Gasteiger partial charge in [-0.25, -0.2) is 0 Å². The molecule has 0 aliphatic rings. The Kier molecular flexibility index (Phi) is 58.0. The van der Waals surface area contributed by atoms with E-state index in [0.717, 1.165) is 44.9 Å². The molecule has 412 valence electrons. The Labute approximate surface area is 436 Å². The highest BCUT2D eigenvalue weighted by molar-refractivity contribution is 5.76.